The van der Waals surface area contributed by atoms with Gasteiger partial charge < -0.3 is 19.8 Å². The number of aliphatic hydroxyl groups excluding tert-OH is 1. The van der Waals surface area contributed by atoms with Gasteiger partial charge in [0.1, 0.15) is 6.04 Å². The lowest BCUT2D eigenvalue weighted by Gasteiger charge is -2.38. The first-order chi connectivity index (χ1) is 20.8. The summed E-state index contributed by atoms with van der Waals surface area (Å²) < 4.78 is -0.723. The number of aryl methyl sites for hydroxylation is 1. The van der Waals surface area contributed by atoms with Crippen LogP contribution in [0, 0.1) is 18.8 Å². The number of amides is 3. The van der Waals surface area contributed by atoms with E-state index in [0.29, 0.717) is 49.6 Å². The van der Waals surface area contributed by atoms with Gasteiger partial charge in [0.2, 0.25) is 11.8 Å². The molecule has 3 aliphatic heterocycles. The van der Waals surface area contributed by atoms with E-state index in [1.165, 1.54) is 0 Å². The first-order valence-electron chi connectivity index (χ1n) is 15.0. The number of nitrogens with zero attached hydrogens (tertiary/aromatic N) is 3. The molecular formula is C34H40ClN3O4S. The van der Waals surface area contributed by atoms with E-state index in [2.05, 4.69) is 13.2 Å². The first-order valence-corrected chi connectivity index (χ1v) is 16.2. The van der Waals surface area contributed by atoms with E-state index in [4.69, 9.17) is 11.6 Å². The minimum atomic E-state index is -0.755. The third-order valence-electron chi connectivity index (χ3n) is 9.04. The van der Waals surface area contributed by atoms with Crippen LogP contribution >= 0.6 is 23.4 Å². The minimum Gasteiger partial charge on any atom is -0.396 e. The molecule has 7 nitrogen and oxygen atoms in total. The number of fused-ring (bicyclic) bond motifs is 1. The molecular weight excluding hydrogens is 582 g/mol. The van der Waals surface area contributed by atoms with E-state index in [9.17, 15) is 19.5 Å². The van der Waals surface area contributed by atoms with Crippen molar-refractivity contribution in [3.05, 3.63) is 90.0 Å². The number of para-hydroxylation sites is 1. The number of halogens is 1. The number of hydrogen-bond acceptors (Lipinski definition) is 5. The zero-order valence-electron chi connectivity index (χ0n) is 24.7. The predicted octanol–water partition coefficient (Wildman–Crippen LogP) is 5.25. The van der Waals surface area contributed by atoms with Crippen molar-refractivity contribution in [3.63, 3.8) is 0 Å². The molecule has 228 valence electrons. The number of hydrogen-bond donors (Lipinski definition) is 1. The van der Waals surface area contributed by atoms with Crippen LogP contribution in [0.2, 0.25) is 5.02 Å². The maximum atomic E-state index is 14.8. The molecule has 3 fully saturated rings. The Balaban J connectivity index is 1.54. The summed E-state index contributed by atoms with van der Waals surface area (Å²) in [6.45, 7) is 11.1. The average molecular weight is 622 g/mol. The van der Waals surface area contributed by atoms with Crippen LogP contribution in [0.1, 0.15) is 36.8 Å². The third-order valence-corrected chi connectivity index (χ3v) is 11.3. The molecule has 5 atom stereocenters. The van der Waals surface area contributed by atoms with Crippen molar-refractivity contribution in [2.75, 3.05) is 31.1 Å². The van der Waals surface area contributed by atoms with Gasteiger partial charge >= 0.3 is 0 Å². The van der Waals surface area contributed by atoms with Gasteiger partial charge in [-0.15, -0.1) is 24.9 Å². The van der Waals surface area contributed by atoms with Crippen molar-refractivity contribution in [1.29, 1.82) is 0 Å². The van der Waals surface area contributed by atoms with Crippen LogP contribution in [0.5, 0.6) is 0 Å². The highest BCUT2D eigenvalue weighted by Gasteiger charge is 2.74. The normalized spacial score (nSPS) is 25.5. The lowest BCUT2D eigenvalue weighted by molar-refractivity contribution is -0.144. The molecule has 1 N–H and O–H groups in total. The SMILES string of the molecule is C=CCN(Cc1ccccc1)C(=O)[C@@H]1[C@H]2C(=O)N(CCCCO)C(C(=O)N(CC=C)c3c(C)cccc3Cl)C23CC[C@H]1S3. The van der Waals surface area contributed by atoms with Gasteiger partial charge in [-0.3, -0.25) is 14.4 Å². The van der Waals surface area contributed by atoms with E-state index in [1.54, 1.807) is 44.7 Å². The highest BCUT2D eigenvalue weighted by Crippen LogP contribution is 2.67. The average Bonchev–Trinajstić information content (AvgIpc) is 3.64. The van der Waals surface area contributed by atoms with Crippen LogP contribution in [-0.2, 0) is 20.9 Å². The van der Waals surface area contributed by atoms with Crippen LogP contribution < -0.4 is 4.90 Å². The molecule has 3 amide bonds. The summed E-state index contributed by atoms with van der Waals surface area (Å²) in [5.74, 6) is -1.54. The Hall–Kier alpha value is -3.07. The molecule has 43 heavy (non-hydrogen) atoms. The van der Waals surface area contributed by atoms with E-state index in [-0.39, 0.29) is 36.1 Å². The molecule has 2 unspecified atom stereocenters. The van der Waals surface area contributed by atoms with Crippen molar-refractivity contribution in [2.24, 2.45) is 11.8 Å². The Kier molecular flexibility index (Phi) is 9.69. The third kappa shape index (κ3) is 5.65. The number of unbranched alkanes of at least 4 members (excludes halogenated alkanes) is 1. The Morgan fingerprint density at radius 3 is 2.51 bits per heavy atom. The quantitative estimate of drug-likeness (QED) is 0.244. The highest BCUT2D eigenvalue weighted by molar-refractivity contribution is 8.02. The summed E-state index contributed by atoms with van der Waals surface area (Å²) in [5, 5.41) is 9.90. The molecule has 2 aromatic rings. The number of carbonyl (C=O) groups excluding carboxylic acids is 3. The fraction of sp³-hybridized carbons (Fsp3) is 0.441. The lowest BCUT2D eigenvalue weighted by atomic mass is 9.70. The van der Waals surface area contributed by atoms with Crippen LogP contribution in [0.3, 0.4) is 0 Å². The second kappa shape index (κ2) is 13.3. The van der Waals surface area contributed by atoms with Gasteiger partial charge in [-0.05, 0) is 49.8 Å². The van der Waals surface area contributed by atoms with Crippen LogP contribution in [0.25, 0.3) is 0 Å². The zero-order chi connectivity index (χ0) is 30.7. The monoisotopic (exact) mass is 621 g/mol. The molecule has 0 saturated carbocycles. The topological polar surface area (TPSA) is 81.2 Å². The summed E-state index contributed by atoms with van der Waals surface area (Å²) in [7, 11) is 0. The number of rotatable bonds is 13. The summed E-state index contributed by atoms with van der Waals surface area (Å²) >= 11 is 8.32. The maximum Gasteiger partial charge on any atom is 0.251 e. The Morgan fingerprint density at radius 2 is 1.84 bits per heavy atom. The Morgan fingerprint density at radius 1 is 1.09 bits per heavy atom. The van der Waals surface area contributed by atoms with Gasteiger partial charge in [0.25, 0.3) is 5.91 Å². The molecule has 0 aliphatic carbocycles. The molecule has 0 radical (unpaired) electrons. The van der Waals surface area contributed by atoms with Gasteiger partial charge in [0.05, 0.1) is 27.3 Å². The Bertz CT molecular complexity index is 1370. The molecule has 3 saturated heterocycles. The molecule has 9 heteroatoms. The maximum absolute atomic E-state index is 14.8. The van der Waals surface area contributed by atoms with E-state index in [0.717, 1.165) is 17.5 Å². The van der Waals surface area contributed by atoms with Crippen molar-refractivity contribution < 1.29 is 19.5 Å². The minimum absolute atomic E-state index is 0.00452. The summed E-state index contributed by atoms with van der Waals surface area (Å²) in [4.78, 5) is 48.7. The molecule has 0 aromatic heterocycles. The molecule has 3 heterocycles. The summed E-state index contributed by atoms with van der Waals surface area (Å²) in [6.07, 6.45) is 5.92. The van der Waals surface area contributed by atoms with Crippen LogP contribution in [0.15, 0.2) is 73.8 Å². The smallest absolute Gasteiger partial charge is 0.251 e. The van der Waals surface area contributed by atoms with E-state index in [1.807, 2.05) is 49.4 Å². The lowest BCUT2D eigenvalue weighted by Crippen LogP contribution is -2.55. The summed E-state index contributed by atoms with van der Waals surface area (Å²) in [6, 6.07) is 14.6. The van der Waals surface area contributed by atoms with Crippen molar-refractivity contribution in [2.45, 2.75) is 55.2 Å². The van der Waals surface area contributed by atoms with Gasteiger partial charge in [0.15, 0.2) is 0 Å². The second-order valence-corrected chi connectivity index (χ2v) is 13.7. The molecule has 3 aliphatic rings. The van der Waals surface area contributed by atoms with E-state index >= 15 is 0 Å². The molecule has 2 aromatic carbocycles. The molecule has 2 bridgehead atoms. The van der Waals surface area contributed by atoms with Gasteiger partial charge in [-0.25, -0.2) is 0 Å². The van der Waals surface area contributed by atoms with Crippen molar-refractivity contribution in [3.8, 4) is 0 Å². The van der Waals surface area contributed by atoms with Gasteiger partial charge in [-0.1, -0.05) is 66.2 Å². The molecule has 5 rings (SSSR count). The largest absolute Gasteiger partial charge is 0.396 e. The number of likely N-dealkylation sites (tertiary alicyclic amines) is 1. The van der Waals surface area contributed by atoms with Crippen LogP contribution in [-0.4, -0.2) is 74.9 Å². The second-order valence-electron chi connectivity index (χ2n) is 11.7. The molecule has 1 spiro atoms. The number of thioether (sulfide) groups is 1. The number of benzene rings is 2. The van der Waals surface area contributed by atoms with Crippen molar-refractivity contribution in [1.82, 2.24) is 9.80 Å². The first kappa shape index (κ1) is 31.4. The standard InChI is InChI=1S/C34H40ClN3O4S/c1-4-18-36(22-24-13-7-6-8-14-24)31(40)27-26-16-17-34(43-26)28(27)32(41)38(20-9-10-21-39)30(34)33(42)37(19-5-2)29-23(3)12-11-15-25(29)35/h4-8,11-15,26-28,30,39H,1-2,9-10,16-22H2,3H3/t26-,27+,28+,30?,34?/m1/s1. The van der Waals surface area contributed by atoms with E-state index < -0.39 is 22.6 Å². The van der Waals surface area contributed by atoms with Crippen molar-refractivity contribution >= 4 is 46.8 Å². The van der Waals surface area contributed by atoms with Gasteiger partial charge in [-0.2, -0.15) is 0 Å². The Labute approximate surface area is 263 Å². The zero-order valence-corrected chi connectivity index (χ0v) is 26.2. The fourth-order valence-corrected chi connectivity index (χ4v) is 9.81. The van der Waals surface area contributed by atoms with Gasteiger partial charge in [0, 0.05) is 38.0 Å². The number of anilines is 1. The number of aliphatic hydroxyl groups is 1. The highest BCUT2D eigenvalue weighted by atomic mass is 35.5. The predicted molar refractivity (Wildman–Crippen MR) is 173 cm³/mol. The number of carbonyl (C=O) groups is 3. The fourth-order valence-electron chi connectivity index (χ4n) is 7.28. The van der Waals surface area contributed by atoms with Crippen LogP contribution in [0.4, 0.5) is 5.69 Å². The summed E-state index contributed by atoms with van der Waals surface area (Å²) in [5.41, 5.74) is 2.47.